The number of aliphatic hydroxyl groups is 1. The molecule has 1 N–H and O–H groups in total. The summed E-state index contributed by atoms with van der Waals surface area (Å²) in [7, 11) is 0. The van der Waals surface area contributed by atoms with Crippen LogP contribution in [-0.4, -0.2) is 11.2 Å². The number of hydrogen-bond acceptors (Lipinski definition) is 1. The van der Waals surface area contributed by atoms with Crippen LogP contribution in [0.4, 0.5) is 0 Å². The Balaban J connectivity index is 2.56. The van der Waals surface area contributed by atoms with Crippen molar-refractivity contribution >= 4 is 23.2 Å². The van der Waals surface area contributed by atoms with Gasteiger partial charge in [0.1, 0.15) is 0 Å². The molecule has 1 nitrogen and oxygen atoms in total. The molecule has 90 valence electrons. The Morgan fingerprint density at radius 1 is 1.19 bits per heavy atom. The lowest BCUT2D eigenvalue weighted by molar-refractivity contribution is 0.157. The van der Waals surface area contributed by atoms with E-state index in [0.717, 1.165) is 18.4 Å². The van der Waals surface area contributed by atoms with Crippen LogP contribution in [0.5, 0.6) is 0 Å². The topological polar surface area (TPSA) is 20.2 Å². The maximum Gasteiger partial charge on any atom is 0.0625 e. The number of aliphatic hydroxyl groups excluding tert-OH is 1. The molecule has 1 aromatic rings. The number of benzene rings is 1. The third-order valence-corrected chi connectivity index (χ3v) is 3.42. The van der Waals surface area contributed by atoms with E-state index in [2.05, 4.69) is 13.8 Å². The summed E-state index contributed by atoms with van der Waals surface area (Å²) < 4.78 is 0. The fourth-order valence-electron chi connectivity index (χ4n) is 1.59. The molecule has 1 unspecified atom stereocenters. The summed E-state index contributed by atoms with van der Waals surface area (Å²) in [5.74, 6) is 0.615. The van der Waals surface area contributed by atoms with Crippen LogP contribution in [-0.2, 0) is 6.42 Å². The molecule has 1 rings (SSSR count). The number of halogens is 2. The van der Waals surface area contributed by atoms with Gasteiger partial charge in [-0.2, -0.15) is 0 Å². The monoisotopic (exact) mass is 260 g/mol. The van der Waals surface area contributed by atoms with Gasteiger partial charge in [0.2, 0.25) is 0 Å². The molecule has 0 fully saturated rings. The minimum Gasteiger partial charge on any atom is -0.393 e. The summed E-state index contributed by atoms with van der Waals surface area (Å²) >= 11 is 12.0. The summed E-state index contributed by atoms with van der Waals surface area (Å²) in [6.07, 6.45) is 2.07. The normalized spacial score (nSPS) is 13.1. The first-order valence-corrected chi connectivity index (χ1v) is 6.37. The highest BCUT2D eigenvalue weighted by atomic mass is 35.5. The Hall–Kier alpha value is -0.240. The molecule has 16 heavy (non-hydrogen) atoms. The molecule has 0 saturated heterocycles. The maximum absolute atomic E-state index is 9.87. The fraction of sp³-hybridized carbons (Fsp3) is 0.538. The van der Waals surface area contributed by atoms with Crippen molar-refractivity contribution in [3.8, 4) is 0 Å². The maximum atomic E-state index is 9.87. The van der Waals surface area contributed by atoms with Crippen LogP contribution in [0.25, 0.3) is 0 Å². The standard InChI is InChI=1S/C13H18Cl2O/c1-9(2)6-7-11(16)8-10-4-3-5-12(14)13(10)15/h3-5,9,11,16H,6-8H2,1-2H3. The van der Waals surface area contributed by atoms with Crippen LogP contribution in [0, 0.1) is 5.92 Å². The summed E-state index contributed by atoms with van der Waals surface area (Å²) in [6.45, 7) is 4.30. The van der Waals surface area contributed by atoms with Crippen molar-refractivity contribution in [3.05, 3.63) is 33.8 Å². The van der Waals surface area contributed by atoms with Crippen LogP contribution >= 0.6 is 23.2 Å². The highest BCUT2D eigenvalue weighted by Gasteiger charge is 2.10. The molecule has 0 amide bonds. The predicted molar refractivity (Wildman–Crippen MR) is 70.2 cm³/mol. The first kappa shape index (κ1) is 13.8. The van der Waals surface area contributed by atoms with E-state index >= 15 is 0 Å². The average molecular weight is 261 g/mol. The molecule has 0 saturated carbocycles. The average Bonchev–Trinajstić information content (AvgIpc) is 2.22. The van der Waals surface area contributed by atoms with Crippen molar-refractivity contribution in [2.45, 2.75) is 39.2 Å². The highest BCUT2D eigenvalue weighted by Crippen LogP contribution is 2.27. The lowest BCUT2D eigenvalue weighted by Crippen LogP contribution is -2.11. The van der Waals surface area contributed by atoms with Crippen molar-refractivity contribution < 1.29 is 5.11 Å². The molecule has 1 atom stereocenters. The van der Waals surface area contributed by atoms with Gasteiger partial charge >= 0.3 is 0 Å². The van der Waals surface area contributed by atoms with Gasteiger partial charge in [-0.05, 0) is 36.8 Å². The van der Waals surface area contributed by atoms with E-state index in [0.29, 0.717) is 22.4 Å². The molecular weight excluding hydrogens is 243 g/mol. The van der Waals surface area contributed by atoms with E-state index in [4.69, 9.17) is 23.2 Å². The zero-order valence-electron chi connectivity index (χ0n) is 9.71. The van der Waals surface area contributed by atoms with Gasteiger partial charge in [-0.3, -0.25) is 0 Å². The minimum absolute atomic E-state index is 0.335. The Bertz CT molecular complexity index is 337. The van der Waals surface area contributed by atoms with Gasteiger partial charge in [-0.15, -0.1) is 0 Å². The van der Waals surface area contributed by atoms with E-state index in [1.807, 2.05) is 12.1 Å². The molecule has 0 radical (unpaired) electrons. The smallest absolute Gasteiger partial charge is 0.0625 e. The first-order valence-electron chi connectivity index (χ1n) is 5.61. The number of hydrogen-bond donors (Lipinski definition) is 1. The van der Waals surface area contributed by atoms with Gasteiger partial charge < -0.3 is 5.11 Å². The molecule has 0 heterocycles. The van der Waals surface area contributed by atoms with Gasteiger partial charge in [0.05, 0.1) is 16.1 Å². The quantitative estimate of drug-likeness (QED) is 0.836. The van der Waals surface area contributed by atoms with Crippen LogP contribution in [0.3, 0.4) is 0 Å². The number of rotatable bonds is 5. The molecule has 0 aliphatic carbocycles. The molecule has 0 aliphatic rings. The summed E-state index contributed by atoms with van der Waals surface area (Å²) in [4.78, 5) is 0. The Morgan fingerprint density at radius 3 is 2.50 bits per heavy atom. The zero-order chi connectivity index (χ0) is 12.1. The van der Waals surface area contributed by atoms with Crippen molar-refractivity contribution in [3.63, 3.8) is 0 Å². The van der Waals surface area contributed by atoms with Crippen LogP contribution < -0.4 is 0 Å². The van der Waals surface area contributed by atoms with Gasteiger partial charge in [-0.25, -0.2) is 0 Å². The van der Waals surface area contributed by atoms with Gasteiger partial charge in [0.25, 0.3) is 0 Å². The third-order valence-electron chi connectivity index (χ3n) is 2.56. The van der Waals surface area contributed by atoms with Crippen molar-refractivity contribution in [1.82, 2.24) is 0 Å². The van der Waals surface area contributed by atoms with Crippen LogP contribution in [0.2, 0.25) is 10.0 Å². The lowest BCUT2D eigenvalue weighted by atomic mass is 10.00. The molecule has 1 aromatic carbocycles. The lowest BCUT2D eigenvalue weighted by Gasteiger charge is -2.13. The van der Waals surface area contributed by atoms with E-state index < -0.39 is 0 Å². The third kappa shape index (κ3) is 4.32. The second-order valence-electron chi connectivity index (χ2n) is 4.54. The highest BCUT2D eigenvalue weighted by molar-refractivity contribution is 6.42. The second-order valence-corrected chi connectivity index (χ2v) is 5.33. The molecule has 3 heteroatoms. The van der Waals surface area contributed by atoms with Crippen molar-refractivity contribution in [1.29, 1.82) is 0 Å². The summed E-state index contributed by atoms with van der Waals surface area (Å²) in [5.41, 5.74) is 0.922. The van der Waals surface area contributed by atoms with Crippen molar-refractivity contribution in [2.24, 2.45) is 5.92 Å². The molecule has 0 aromatic heterocycles. The zero-order valence-corrected chi connectivity index (χ0v) is 11.2. The first-order chi connectivity index (χ1) is 7.50. The van der Waals surface area contributed by atoms with E-state index in [1.54, 1.807) is 6.07 Å². The van der Waals surface area contributed by atoms with E-state index in [-0.39, 0.29) is 6.10 Å². The second kappa shape index (κ2) is 6.48. The largest absolute Gasteiger partial charge is 0.393 e. The predicted octanol–water partition coefficient (Wildman–Crippen LogP) is 4.33. The summed E-state index contributed by atoms with van der Waals surface area (Å²) in [5, 5.41) is 11.0. The summed E-state index contributed by atoms with van der Waals surface area (Å²) in [6, 6.07) is 5.53. The van der Waals surface area contributed by atoms with Crippen LogP contribution in [0.15, 0.2) is 18.2 Å². The van der Waals surface area contributed by atoms with E-state index in [1.165, 1.54) is 0 Å². The Kier molecular flexibility index (Phi) is 5.60. The molecule has 0 aliphatic heterocycles. The van der Waals surface area contributed by atoms with Crippen molar-refractivity contribution in [2.75, 3.05) is 0 Å². The van der Waals surface area contributed by atoms with Crippen LogP contribution in [0.1, 0.15) is 32.3 Å². The van der Waals surface area contributed by atoms with Gasteiger partial charge in [-0.1, -0.05) is 49.2 Å². The van der Waals surface area contributed by atoms with Gasteiger partial charge in [0.15, 0.2) is 0 Å². The van der Waals surface area contributed by atoms with Gasteiger partial charge in [0, 0.05) is 0 Å². The molecule has 0 bridgehead atoms. The fourth-order valence-corrected chi connectivity index (χ4v) is 1.98. The van der Waals surface area contributed by atoms with E-state index in [9.17, 15) is 5.11 Å². The molecular formula is C13H18Cl2O. The molecule has 0 spiro atoms. The Morgan fingerprint density at radius 2 is 1.88 bits per heavy atom. The minimum atomic E-state index is -0.335. The Labute approximate surface area is 107 Å². The SMILES string of the molecule is CC(C)CCC(O)Cc1cccc(Cl)c1Cl.